The molecule has 0 spiro atoms. The number of para-hydroxylation sites is 1. The largest absolute Gasteiger partial charge is 0.370 e. The molecule has 5 nitrogen and oxygen atoms in total. The van der Waals surface area contributed by atoms with Gasteiger partial charge in [-0.25, -0.2) is 0 Å². The van der Waals surface area contributed by atoms with E-state index < -0.39 is 0 Å². The minimum absolute atomic E-state index is 0. The number of benzene rings is 2. The molecule has 146 valence electrons. The van der Waals surface area contributed by atoms with Crippen LogP contribution in [0.15, 0.2) is 53.5 Å². The number of nitrogens with one attached hydrogen (secondary N) is 1. The van der Waals surface area contributed by atoms with Crippen molar-refractivity contribution in [3.05, 3.63) is 59.7 Å². The van der Waals surface area contributed by atoms with Crippen molar-refractivity contribution in [2.24, 2.45) is 10.7 Å². The SMILES string of the molecule is Cc1cccc(N2CCN(CCN=C(N)Nc3ccccc3)CC2)c1C.I. The van der Waals surface area contributed by atoms with E-state index in [-0.39, 0.29) is 24.0 Å². The lowest BCUT2D eigenvalue weighted by atomic mass is 10.1. The van der Waals surface area contributed by atoms with E-state index in [4.69, 9.17) is 5.73 Å². The number of halogens is 1. The monoisotopic (exact) mass is 479 g/mol. The molecule has 3 N–H and O–H groups in total. The summed E-state index contributed by atoms with van der Waals surface area (Å²) in [4.78, 5) is 9.40. The van der Waals surface area contributed by atoms with E-state index >= 15 is 0 Å². The Kier molecular flexibility index (Phi) is 8.37. The molecule has 0 atom stereocenters. The minimum atomic E-state index is 0. The first kappa shape index (κ1) is 21.5. The highest BCUT2D eigenvalue weighted by atomic mass is 127. The summed E-state index contributed by atoms with van der Waals surface area (Å²) in [7, 11) is 0. The van der Waals surface area contributed by atoms with Crippen LogP contribution < -0.4 is 16.0 Å². The van der Waals surface area contributed by atoms with E-state index in [1.807, 2.05) is 30.3 Å². The standard InChI is InChI=1S/C21H29N5.HI/c1-17-7-6-10-20(18(17)2)26-15-13-25(14-16-26)12-11-23-21(22)24-19-8-4-3-5-9-19;/h3-10H,11-16H2,1-2H3,(H3,22,23,24);1H. The maximum Gasteiger partial charge on any atom is 0.193 e. The van der Waals surface area contributed by atoms with Crippen molar-refractivity contribution in [1.29, 1.82) is 0 Å². The Bertz CT molecular complexity index is 739. The fourth-order valence-electron chi connectivity index (χ4n) is 3.31. The van der Waals surface area contributed by atoms with Gasteiger partial charge in [-0.2, -0.15) is 0 Å². The first-order valence-electron chi connectivity index (χ1n) is 9.29. The summed E-state index contributed by atoms with van der Waals surface area (Å²) in [5.41, 5.74) is 11.1. The lowest BCUT2D eigenvalue weighted by Gasteiger charge is -2.36. The van der Waals surface area contributed by atoms with Crippen LogP contribution in [0.1, 0.15) is 11.1 Å². The van der Waals surface area contributed by atoms with Crippen LogP contribution in [0, 0.1) is 13.8 Å². The van der Waals surface area contributed by atoms with E-state index in [9.17, 15) is 0 Å². The predicted octanol–water partition coefficient (Wildman–Crippen LogP) is 3.47. The molecule has 0 unspecified atom stereocenters. The fraction of sp³-hybridized carbons (Fsp3) is 0.381. The highest BCUT2D eigenvalue weighted by molar-refractivity contribution is 14.0. The molecule has 0 aliphatic carbocycles. The minimum Gasteiger partial charge on any atom is -0.370 e. The zero-order valence-corrected chi connectivity index (χ0v) is 18.5. The average Bonchev–Trinajstić information content (AvgIpc) is 2.65. The smallest absolute Gasteiger partial charge is 0.193 e. The van der Waals surface area contributed by atoms with Crippen molar-refractivity contribution in [3.63, 3.8) is 0 Å². The van der Waals surface area contributed by atoms with Crippen molar-refractivity contribution in [1.82, 2.24) is 4.90 Å². The highest BCUT2D eigenvalue weighted by Crippen LogP contribution is 2.23. The summed E-state index contributed by atoms with van der Waals surface area (Å²) in [6.45, 7) is 10.3. The van der Waals surface area contributed by atoms with E-state index in [1.165, 1.54) is 16.8 Å². The van der Waals surface area contributed by atoms with E-state index in [2.05, 4.69) is 52.2 Å². The fourth-order valence-corrected chi connectivity index (χ4v) is 3.31. The van der Waals surface area contributed by atoms with E-state index in [0.717, 1.165) is 45.0 Å². The number of aliphatic imine (C=N–C) groups is 1. The second-order valence-corrected chi connectivity index (χ2v) is 6.81. The number of hydrogen-bond acceptors (Lipinski definition) is 3. The Morgan fingerprint density at radius 2 is 1.70 bits per heavy atom. The van der Waals surface area contributed by atoms with Gasteiger partial charge in [-0.15, -0.1) is 24.0 Å². The zero-order valence-electron chi connectivity index (χ0n) is 16.2. The molecule has 27 heavy (non-hydrogen) atoms. The molecule has 2 aromatic rings. The van der Waals surface area contributed by atoms with Crippen molar-refractivity contribution >= 4 is 41.3 Å². The number of rotatable bonds is 5. The van der Waals surface area contributed by atoms with Crippen molar-refractivity contribution < 1.29 is 0 Å². The van der Waals surface area contributed by atoms with Crippen LogP contribution in [0.4, 0.5) is 11.4 Å². The van der Waals surface area contributed by atoms with Gasteiger partial charge >= 0.3 is 0 Å². The third kappa shape index (κ3) is 6.10. The van der Waals surface area contributed by atoms with Gasteiger partial charge in [0.15, 0.2) is 5.96 Å². The molecule has 0 saturated carbocycles. The quantitative estimate of drug-likeness (QED) is 0.392. The first-order chi connectivity index (χ1) is 12.6. The van der Waals surface area contributed by atoms with Crippen LogP contribution in [0.25, 0.3) is 0 Å². The van der Waals surface area contributed by atoms with Crippen LogP contribution >= 0.6 is 24.0 Å². The molecule has 0 aromatic heterocycles. The molecule has 3 rings (SSSR count). The van der Waals surface area contributed by atoms with Crippen LogP contribution in [0.5, 0.6) is 0 Å². The van der Waals surface area contributed by atoms with Gasteiger partial charge in [0, 0.05) is 44.1 Å². The van der Waals surface area contributed by atoms with Crippen molar-refractivity contribution in [2.45, 2.75) is 13.8 Å². The maximum absolute atomic E-state index is 5.96. The summed E-state index contributed by atoms with van der Waals surface area (Å²) in [6.07, 6.45) is 0. The Labute approximate surface area is 179 Å². The highest BCUT2D eigenvalue weighted by Gasteiger charge is 2.18. The van der Waals surface area contributed by atoms with Gasteiger partial charge in [0.2, 0.25) is 0 Å². The van der Waals surface area contributed by atoms with Gasteiger partial charge in [-0.3, -0.25) is 9.89 Å². The lowest BCUT2D eigenvalue weighted by Crippen LogP contribution is -2.47. The summed E-state index contributed by atoms with van der Waals surface area (Å²) in [5, 5.41) is 3.12. The van der Waals surface area contributed by atoms with Gasteiger partial charge in [-0.05, 0) is 43.2 Å². The molecule has 6 heteroatoms. The summed E-state index contributed by atoms with van der Waals surface area (Å²) in [6, 6.07) is 16.5. The molecule has 1 aliphatic heterocycles. The molecule has 1 saturated heterocycles. The van der Waals surface area contributed by atoms with Crippen LogP contribution in [-0.4, -0.2) is 50.1 Å². The summed E-state index contributed by atoms with van der Waals surface area (Å²) in [5.74, 6) is 0.477. The Morgan fingerprint density at radius 3 is 2.41 bits per heavy atom. The van der Waals surface area contributed by atoms with E-state index in [1.54, 1.807) is 0 Å². The topological polar surface area (TPSA) is 56.9 Å². The third-order valence-electron chi connectivity index (χ3n) is 5.03. The molecule has 1 aliphatic rings. The maximum atomic E-state index is 5.96. The molecule has 2 aromatic carbocycles. The number of nitrogens with zero attached hydrogens (tertiary/aromatic N) is 3. The van der Waals surface area contributed by atoms with Gasteiger partial charge in [0.1, 0.15) is 0 Å². The second kappa shape index (κ2) is 10.5. The second-order valence-electron chi connectivity index (χ2n) is 6.81. The van der Waals surface area contributed by atoms with Gasteiger partial charge in [0.25, 0.3) is 0 Å². The number of aryl methyl sites for hydroxylation is 1. The van der Waals surface area contributed by atoms with Crippen LogP contribution in [-0.2, 0) is 0 Å². The molecular formula is C21H30IN5. The van der Waals surface area contributed by atoms with E-state index in [0.29, 0.717) is 5.96 Å². The molecule has 0 bridgehead atoms. The number of nitrogens with two attached hydrogens (primary N) is 1. The van der Waals surface area contributed by atoms with Gasteiger partial charge in [-0.1, -0.05) is 30.3 Å². The average molecular weight is 479 g/mol. The predicted molar refractivity (Wildman–Crippen MR) is 127 cm³/mol. The zero-order chi connectivity index (χ0) is 18.4. The lowest BCUT2D eigenvalue weighted by molar-refractivity contribution is 0.265. The Balaban J connectivity index is 0.00000261. The van der Waals surface area contributed by atoms with Gasteiger partial charge < -0.3 is 16.0 Å². The Hall–Kier alpha value is -1.80. The summed E-state index contributed by atoms with van der Waals surface area (Å²) >= 11 is 0. The van der Waals surface area contributed by atoms with Crippen LogP contribution in [0.2, 0.25) is 0 Å². The van der Waals surface area contributed by atoms with Crippen molar-refractivity contribution in [3.8, 4) is 0 Å². The normalized spacial score (nSPS) is 15.3. The van der Waals surface area contributed by atoms with Gasteiger partial charge in [0.05, 0.1) is 6.54 Å². The number of piperazine rings is 1. The number of guanidine groups is 1. The molecule has 0 amide bonds. The number of anilines is 2. The molecule has 1 heterocycles. The molecule has 0 radical (unpaired) electrons. The first-order valence-corrected chi connectivity index (χ1v) is 9.29. The number of hydrogen-bond donors (Lipinski definition) is 2. The van der Waals surface area contributed by atoms with Crippen LogP contribution in [0.3, 0.4) is 0 Å². The molecule has 1 fully saturated rings. The molecular weight excluding hydrogens is 449 g/mol. The third-order valence-corrected chi connectivity index (χ3v) is 5.03. The van der Waals surface area contributed by atoms with Crippen molar-refractivity contribution in [2.75, 3.05) is 49.5 Å². The Morgan fingerprint density at radius 1 is 1.00 bits per heavy atom. The summed E-state index contributed by atoms with van der Waals surface area (Å²) < 4.78 is 0.